The summed E-state index contributed by atoms with van der Waals surface area (Å²) in [4.78, 5) is 0. The van der Waals surface area contributed by atoms with E-state index in [1.807, 2.05) is 0 Å². The van der Waals surface area contributed by atoms with Crippen LogP contribution in [0, 0.1) is 6.92 Å². The number of β-amino-alcohol motifs (C(OH)–C–C–N with tert-alkyl or cyclic N) is 1. The van der Waals surface area contributed by atoms with Crippen molar-refractivity contribution in [3.8, 4) is 11.5 Å². The molecule has 0 spiro atoms. The van der Waals surface area contributed by atoms with Gasteiger partial charge in [-0.1, -0.05) is 0 Å². The summed E-state index contributed by atoms with van der Waals surface area (Å²) < 4.78 is 12.8. The molecule has 0 radical (unpaired) electrons. The Kier molecular flexibility index (Phi) is 5.60. The molecule has 0 bridgehead atoms. The molecule has 27 heavy (non-hydrogen) atoms. The Hall–Kier alpha value is -1.52. The molecule has 150 valence electrons. The third-order valence-electron chi connectivity index (χ3n) is 5.54. The Morgan fingerprint density at radius 3 is 2.67 bits per heavy atom. The van der Waals surface area contributed by atoms with Gasteiger partial charge in [0.1, 0.15) is 23.7 Å². The van der Waals surface area contributed by atoms with Crippen LogP contribution in [0.15, 0.2) is 17.7 Å². The van der Waals surface area contributed by atoms with Crippen molar-refractivity contribution >= 4 is 5.57 Å². The van der Waals surface area contributed by atoms with Gasteiger partial charge in [-0.15, -0.1) is 0 Å². The number of benzene rings is 1. The van der Waals surface area contributed by atoms with Gasteiger partial charge in [0, 0.05) is 12.1 Å². The second kappa shape index (κ2) is 7.48. The predicted molar refractivity (Wildman–Crippen MR) is 111 cm³/mol. The van der Waals surface area contributed by atoms with Crippen LogP contribution in [0.25, 0.3) is 5.57 Å². The molecular weight excluding hydrogens is 338 g/mol. The maximum Gasteiger partial charge on any atom is 0.132 e. The molecule has 1 aliphatic carbocycles. The van der Waals surface area contributed by atoms with Crippen LogP contribution in [-0.2, 0) is 0 Å². The van der Waals surface area contributed by atoms with Crippen LogP contribution in [0.5, 0.6) is 11.5 Å². The Bertz CT molecular complexity index is 731. The monoisotopic (exact) mass is 373 g/mol. The number of ether oxygens (including phenoxy) is 2. The van der Waals surface area contributed by atoms with E-state index in [4.69, 9.17) is 9.47 Å². The fraction of sp³-hybridized carbons (Fsp3) is 0.652. The number of nitrogens with one attached hydrogen (secondary N) is 1. The van der Waals surface area contributed by atoms with E-state index in [1.165, 1.54) is 24.0 Å². The third-order valence-corrected chi connectivity index (χ3v) is 5.54. The van der Waals surface area contributed by atoms with Crippen LogP contribution in [0.4, 0.5) is 0 Å². The van der Waals surface area contributed by atoms with Crippen molar-refractivity contribution in [1.82, 2.24) is 5.32 Å². The molecule has 1 atom stereocenters. The van der Waals surface area contributed by atoms with Crippen molar-refractivity contribution in [3.05, 3.63) is 28.8 Å². The van der Waals surface area contributed by atoms with E-state index in [9.17, 15) is 5.11 Å². The molecule has 2 aliphatic rings. The summed E-state index contributed by atoms with van der Waals surface area (Å²) in [7, 11) is 0. The molecule has 1 aliphatic heterocycles. The normalized spacial score (nSPS) is 19.8. The number of fused-ring (bicyclic) bond motifs is 2. The van der Waals surface area contributed by atoms with Gasteiger partial charge in [-0.25, -0.2) is 0 Å². The molecule has 1 aromatic carbocycles. The van der Waals surface area contributed by atoms with Gasteiger partial charge in [0.25, 0.3) is 0 Å². The molecule has 3 rings (SSSR count). The molecule has 2 N–H and O–H groups in total. The van der Waals surface area contributed by atoms with Gasteiger partial charge >= 0.3 is 0 Å². The van der Waals surface area contributed by atoms with Gasteiger partial charge in [-0.05, 0) is 96.1 Å². The average Bonchev–Trinajstić information content (AvgIpc) is 2.57. The van der Waals surface area contributed by atoms with Gasteiger partial charge in [-0.2, -0.15) is 0 Å². The summed E-state index contributed by atoms with van der Waals surface area (Å²) in [5, 5.41) is 12.9. The lowest BCUT2D eigenvalue weighted by Gasteiger charge is -2.40. The highest BCUT2D eigenvalue weighted by atomic mass is 16.5. The third kappa shape index (κ3) is 4.49. The highest BCUT2D eigenvalue weighted by molar-refractivity contribution is 5.81. The summed E-state index contributed by atoms with van der Waals surface area (Å²) in [5.41, 5.74) is 4.69. The van der Waals surface area contributed by atoms with Gasteiger partial charge < -0.3 is 19.9 Å². The van der Waals surface area contributed by atoms with Crippen LogP contribution in [0.2, 0.25) is 0 Å². The second-order valence-electron chi connectivity index (χ2n) is 9.32. The summed E-state index contributed by atoms with van der Waals surface area (Å²) in [6.07, 6.45) is 4.29. The van der Waals surface area contributed by atoms with E-state index in [2.05, 4.69) is 52.1 Å². The first-order chi connectivity index (χ1) is 12.6. The first-order valence-corrected chi connectivity index (χ1v) is 10.2. The highest BCUT2D eigenvalue weighted by Gasteiger charge is 2.37. The lowest BCUT2D eigenvalue weighted by molar-refractivity contribution is 0.134. The van der Waals surface area contributed by atoms with Crippen molar-refractivity contribution < 1.29 is 14.6 Å². The van der Waals surface area contributed by atoms with Crippen molar-refractivity contribution in [2.24, 2.45) is 0 Å². The number of hydrogen-bond acceptors (Lipinski definition) is 4. The molecule has 0 fully saturated rings. The van der Waals surface area contributed by atoms with Crippen molar-refractivity contribution in [2.75, 3.05) is 13.2 Å². The minimum Gasteiger partial charge on any atom is -0.491 e. The topological polar surface area (TPSA) is 50.7 Å². The van der Waals surface area contributed by atoms with Crippen LogP contribution >= 0.6 is 0 Å². The molecule has 4 heteroatoms. The number of rotatable bonds is 6. The minimum atomic E-state index is -0.374. The summed E-state index contributed by atoms with van der Waals surface area (Å²) in [5.74, 6) is 1.87. The average molecular weight is 374 g/mol. The smallest absolute Gasteiger partial charge is 0.132 e. The van der Waals surface area contributed by atoms with Crippen molar-refractivity contribution in [1.29, 1.82) is 0 Å². The van der Waals surface area contributed by atoms with Crippen LogP contribution in [0.1, 0.15) is 71.4 Å². The molecule has 1 aromatic rings. The fourth-order valence-corrected chi connectivity index (χ4v) is 4.13. The number of aliphatic hydroxyl groups excluding tert-OH is 1. The largest absolute Gasteiger partial charge is 0.491 e. The van der Waals surface area contributed by atoms with Gasteiger partial charge in [-0.3, -0.25) is 0 Å². The standard InChI is InChI=1S/C23H35NO3/c1-15-11-19(26-14-22(3,4)24-13-16(2)25)21-17-9-7-8-10-18(17)23(5,6)27-20(21)12-15/h11-12,16,24-25H,7-10,13-14H2,1-6H3. The maximum absolute atomic E-state index is 9.55. The predicted octanol–water partition coefficient (Wildman–Crippen LogP) is 4.62. The molecule has 1 unspecified atom stereocenters. The second-order valence-corrected chi connectivity index (χ2v) is 9.32. The number of hydrogen-bond donors (Lipinski definition) is 2. The van der Waals surface area contributed by atoms with Gasteiger partial charge in [0.15, 0.2) is 0 Å². The summed E-state index contributed by atoms with van der Waals surface area (Å²) >= 11 is 0. The zero-order valence-electron chi connectivity index (χ0n) is 17.7. The van der Waals surface area contributed by atoms with Crippen LogP contribution in [-0.4, -0.2) is 35.5 Å². The molecular formula is C23H35NO3. The lowest BCUT2D eigenvalue weighted by atomic mass is 9.77. The molecule has 0 aromatic heterocycles. The lowest BCUT2D eigenvalue weighted by Crippen LogP contribution is -2.47. The van der Waals surface area contributed by atoms with E-state index >= 15 is 0 Å². The Morgan fingerprint density at radius 1 is 1.26 bits per heavy atom. The van der Waals surface area contributed by atoms with E-state index in [0.29, 0.717) is 13.2 Å². The van der Waals surface area contributed by atoms with Gasteiger partial charge in [0.2, 0.25) is 0 Å². The molecule has 4 nitrogen and oxygen atoms in total. The van der Waals surface area contributed by atoms with E-state index in [-0.39, 0.29) is 17.2 Å². The highest BCUT2D eigenvalue weighted by Crippen LogP contribution is 2.50. The van der Waals surface area contributed by atoms with Crippen molar-refractivity contribution in [2.45, 2.75) is 84.5 Å². The number of aliphatic hydroxyl groups is 1. The Balaban J connectivity index is 1.91. The number of allylic oxidation sites excluding steroid dienone is 1. The zero-order chi connectivity index (χ0) is 19.8. The maximum atomic E-state index is 9.55. The van der Waals surface area contributed by atoms with Crippen LogP contribution < -0.4 is 14.8 Å². The minimum absolute atomic E-state index is 0.230. The molecule has 0 saturated heterocycles. The summed E-state index contributed by atoms with van der Waals surface area (Å²) in [6, 6.07) is 4.27. The molecule has 0 saturated carbocycles. The Morgan fingerprint density at radius 2 is 1.96 bits per heavy atom. The van der Waals surface area contributed by atoms with Gasteiger partial charge in [0.05, 0.1) is 11.7 Å². The van der Waals surface area contributed by atoms with E-state index in [0.717, 1.165) is 35.5 Å². The zero-order valence-corrected chi connectivity index (χ0v) is 17.7. The molecule has 0 amide bonds. The number of aryl methyl sites for hydroxylation is 1. The first kappa shape index (κ1) is 20.2. The van der Waals surface area contributed by atoms with Crippen LogP contribution in [0.3, 0.4) is 0 Å². The quantitative estimate of drug-likeness (QED) is 0.764. The van der Waals surface area contributed by atoms with E-state index < -0.39 is 0 Å². The fourth-order valence-electron chi connectivity index (χ4n) is 4.13. The summed E-state index contributed by atoms with van der Waals surface area (Å²) in [6.45, 7) is 13.5. The first-order valence-electron chi connectivity index (χ1n) is 10.2. The van der Waals surface area contributed by atoms with Crippen molar-refractivity contribution in [3.63, 3.8) is 0 Å². The Labute approximate surface area is 164 Å². The van der Waals surface area contributed by atoms with E-state index in [1.54, 1.807) is 6.92 Å². The SMILES string of the molecule is Cc1cc(OCC(C)(C)NCC(C)O)c2c(c1)OC(C)(C)C1=C2CCCC1. The molecule has 1 heterocycles.